The third kappa shape index (κ3) is 2.76. The van der Waals surface area contributed by atoms with Gasteiger partial charge in [0.15, 0.2) is 5.82 Å². The normalized spacial score (nSPS) is 11.0. The Morgan fingerprint density at radius 1 is 1.27 bits per heavy atom. The van der Waals surface area contributed by atoms with Crippen LogP contribution in [-0.4, -0.2) is 31.1 Å². The smallest absolute Gasteiger partial charge is 0.273 e. The maximum absolute atomic E-state index is 14.2. The molecular formula is C17H12BrFN6O. The Hall–Kier alpha value is -3.07. The lowest BCUT2D eigenvalue weighted by Crippen LogP contribution is -2.14. The SMILES string of the molecule is Cc1nnnn1-c1ccc(F)c(NC(=O)c2[nH]c3ccccc3c2Br)c1. The van der Waals surface area contributed by atoms with E-state index in [1.54, 1.807) is 6.92 Å². The third-order valence-corrected chi connectivity index (χ3v) is 4.76. The Labute approximate surface area is 155 Å². The molecular weight excluding hydrogens is 403 g/mol. The molecule has 0 saturated heterocycles. The number of aromatic nitrogens is 5. The molecule has 1 amide bonds. The predicted octanol–water partition coefficient (Wildman–Crippen LogP) is 3.61. The largest absolute Gasteiger partial charge is 0.350 e. The Balaban J connectivity index is 1.69. The van der Waals surface area contributed by atoms with Crippen LogP contribution < -0.4 is 5.32 Å². The predicted molar refractivity (Wildman–Crippen MR) is 97.8 cm³/mol. The maximum atomic E-state index is 14.2. The number of halogens is 2. The first-order chi connectivity index (χ1) is 12.5. The Kier molecular flexibility index (Phi) is 4.00. The van der Waals surface area contributed by atoms with E-state index in [0.29, 0.717) is 21.7 Å². The minimum absolute atomic E-state index is 0.0351. The monoisotopic (exact) mass is 414 g/mol. The van der Waals surface area contributed by atoms with Gasteiger partial charge in [-0.1, -0.05) is 18.2 Å². The molecule has 0 bridgehead atoms. The number of carbonyl (C=O) groups is 1. The zero-order valence-corrected chi connectivity index (χ0v) is 15.1. The van der Waals surface area contributed by atoms with Gasteiger partial charge in [0, 0.05) is 10.9 Å². The highest BCUT2D eigenvalue weighted by Crippen LogP contribution is 2.28. The van der Waals surface area contributed by atoms with Crippen molar-refractivity contribution in [3.05, 3.63) is 64.3 Å². The Morgan fingerprint density at radius 2 is 2.08 bits per heavy atom. The first-order valence-corrected chi connectivity index (χ1v) is 8.46. The van der Waals surface area contributed by atoms with Crippen LogP contribution in [0, 0.1) is 12.7 Å². The number of nitrogens with zero attached hydrogens (tertiary/aromatic N) is 4. The van der Waals surface area contributed by atoms with Crippen molar-refractivity contribution in [3.63, 3.8) is 0 Å². The van der Waals surface area contributed by atoms with Gasteiger partial charge in [-0.05, 0) is 57.5 Å². The summed E-state index contributed by atoms with van der Waals surface area (Å²) < 4.78 is 16.3. The molecule has 0 aliphatic heterocycles. The van der Waals surface area contributed by atoms with E-state index < -0.39 is 11.7 Å². The zero-order valence-electron chi connectivity index (χ0n) is 13.5. The molecule has 4 aromatic rings. The summed E-state index contributed by atoms with van der Waals surface area (Å²) in [5.74, 6) is -0.468. The van der Waals surface area contributed by atoms with Crippen molar-refractivity contribution in [2.45, 2.75) is 6.92 Å². The van der Waals surface area contributed by atoms with Gasteiger partial charge in [0.2, 0.25) is 0 Å². The number of benzene rings is 2. The first-order valence-electron chi connectivity index (χ1n) is 7.67. The van der Waals surface area contributed by atoms with E-state index in [4.69, 9.17) is 0 Å². The van der Waals surface area contributed by atoms with Crippen LogP contribution in [0.4, 0.5) is 10.1 Å². The van der Waals surface area contributed by atoms with Crippen molar-refractivity contribution >= 4 is 38.4 Å². The molecule has 0 radical (unpaired) electrons. The van der Waals surface area contributed by atoms with Crippen LogP contribution in [0.3, 0.4) is 0 Å². The molecule has 0 aliphatic carbocycles. The van der Waals surface area contributed by atoms with E-state index in [1.165, 1.54) is 22.9 Å². The number of H-pyrrole nitrogens is 1. The molecule has 0 aliphatic rings. The number of tetrazole rings is 1. The van der Waals surface area contributed by atoms with Crippen LogP contribution in [0.2, 0.25) is 0 Å². The van der Waals surface area contributed by atoms with Gasteiger partial charge < -0.3 is 10.3 Å². The number of para-hydroxylation sites is 1. The number of fused-ring (bicyclic) bond motifs is 1. The van der Waals surface area contributed by atoms with Crippen molar-refractivity contribution in [1.82, 2.24) is 25.2 Å². The van der Waals surface area contributed by atoms with E-state index >= 15 is 0 Å². The molecule has 130 valence electrons. The molecule has 9 heteroatoms. The summed E-state index contributed by atoms with van der Waals surface area (Å²) in [4.78, 5) is 15.7. The standard InChI is InChI=1S/C17H12BrFN6O/c1-9-22-23-24-25(9)10-6-7-12(19)14(8-10)21-17(26)16-15(18)11-4-2-3-5-13(11)20-16/h2-8,20H,1H3,(H,21,26). The van der Waals surface area contributed by atoms with Crippen LogP contribution in [0.1, 0.15) is 16.3 Å². The number of nitrogens with one attached hydrogen (secondary N) is 2. The van der Waals surface area contributed by atoms with E-state index in [1.807, 2.05) is 24.3 Å². The molecule has 2 N–H and O–H groups in total. The van der Waals surface area contributed by atoms with Crippen molar-refractivity contribution < 1.29 is 9.18 Å². The highest BCUT2D eigenvalue weighted by molar-refractivity contribution is 9.10. The van der Waals surface area contributed by atoms with Crippen LogP contribution in [0.25, 0.3) is 16.6 Å². The summed E-state index contributed by atoms with van der Waals surface area (Å²) >= 11 is 3.42. The van der Waals surface area contributed by atoms with Gasteiger partial charge >= 0.3 is 0 Å². The molecule has 0 atom stereocenters. The van der Waals surface area contributed by atoms with Crippen LogP contribution in [0.15, 0.2) is 46.9 Å². The minimum Gasteiger partial charge on any atom is -0.350 e. The van der Waals surface area contributed by atoms with E-state index in [0.717, 1.165) is 10.9 Å². The van der Waals surface area contributed by atoms with Gasteiger partial charge in [-0.25, -0.2) is 4.39 Å². The number of amides is 1. The van der Waals surface area contributed by atoms with Crippen LogP contribution >= 0.6 is 15.9 Å². The molecule has 26 heavy (non-hydrogen) atoms. The summed E-state index contributed by atoms with van der Waals surface area (Å²) in [6, 6.07) is 11.8. The summed E-state index contributed by atoms with van der Waals surface area (Å²) in [7, 11) is 0. The summed E-state index contributed by atoms with van der Waals surface area (Å²) in [6.45, 7) is 1.73. The van der Waals surface area contributed by atoms with E-state index in [9.17, 15) is 9.18 Å². The average Bonchev–Trinajstić information content (AvgIpc) is 3.21. The maximum Gasteiger partial charge on any atom is 0.273 e. The van der Waals surface area contributed by atoms with E-state index in [2.05, 4.69) is 41.8 Å². The fraction of sp³-hybridized carbons (Fsp3) is 0.0588. The van der Waals surface area contributed by atoms with Crippen molar-refractivity contribution in [2.24, 2.45) is 0 Å². The molecule has 0 saturated carbocycles. The lowest BCUT2D eigenvalue weighted by atomic mass is 10.2. The van der Waals surface area contributed by atoms with Crippen LogP contribution in [-0.2, 0) is 0 Å². The molecule has 2 heterocycles. The summed E-state index contributed by atoms with van der Waals surface area (Å²) in [5, 5.41) is 14.7. The third-order valence-electron chi connectivity index (χ3n) is 3.94. The number of hydrogen-bond donors (Lipinski definition) is 2. The molecule has 7 nitrogen and oxygen atoms in total. The van der Waals surface area contributed by atoms with Gasteiger partial charge in [-0.2, -0.15) is 4.68 Å². The molecule has 0 spiro atoms. The highest BCUT2D eigenvalue weighted by atomic mass is 79.9. The Bertz CT molecular complexity index is 1140. The minimum atomic E-state index is -0.555. The second-order valence-corrected chi connectivity index (χ2v) is 6.41. The first kappa shape index (κ1) is 16.4. The van der Waals surface area contributed by atoms with Gasteiger partial charge in [0.1, 0.15) is 11.5 Å². The second-order valence-electron chi connectivity index (χ2n) is 5.62. The second kappa shape index (κ2) is 6.34. The highest BCUT2D eigenvalue weighted by Gasteiger charge is 2.18. The van der Waals surface area contributed by atoms with Gasteiger partial charge in [-0.15, -0.1) is 5.10 Å². The quantitative estimate of drug-likeness (QED) is 0.535. The van der Waals surface area contributed by atoms with Gasteiger partial charge in [0.05, 0.1) is 15.8 Å². The molecule has 2 aromatic carbocycles. The van der Waals surface area contributed by atoms with Gasteiger partial charge in [-0.3, -0.25) is 4.79 Å². The molecule has 0 fully saturated rings. The summed E-state index contributed by atoms with van der Waals surface area (Å²) in [6.07, 6.45) is 0. The number of hydrogen-bond acceptors (Lipinski definition) is 4. The van der Waals surface area contributed by atoms with E-state index in [-0.39, 0.29) is 5.69 Å². The number of anilines is 1. The number of rotatable bonds is 3. The van der Waals surface area contributed by atoms with Crippen LogP contribution in [0.5, 0.6) is 0 Å². The molecule has 0 unspecified atom stereocenters. The van der Waals surface area contributed by atoms with Crippen molar-refractivity contribution in [2.75, 3.05) is 5.32 Å². The number of aryl methyl sites for hydroxylation is 1. The zero-order chi connectivity index (χ0) is 18.3. The van der Waals surface area contributed by atoms with Gasteiger partial charge in [0.25, 0.3) is 5.91 Å². The number of carbonyl (C=O) groups excluding carboxylic acids is 1. The summed E-state index contributed by atoms with van der Waals surface area (Å²) in [5.41, 5.74) is 1.70. The Morgan fingerprint density at radius 3 is 2.81 bits per heavy atom. The van der Waals surface area contributed by atoms with Crippen molar-refractivity contribution in [1.29, 1.82) is 0 Å². The van der Waals surface area contributed by atoms with Crippen molar-refractivity contribution in [3.8, 4) is 5.69 Å². The molecule has 2 aromatic heterocycles. The number of aromatic amines is 1. The fourth-order valence-electron chi connectivity index (χ4n) is 2.66. The lowest BCUT2D eigenvalue weighted by molar-refractivity contribution is 0.102. The lowest BCUT2D eigenvalue weighted by Gasteiger charge is -2.09. The fourth-order valence-corrected chi connectivity index (χ4v) is 3.28. The molecule has 4 rings (SSSR count). The average molecular weight is 415 g/mol. The topological polar surface area (TPSA) is 88.5 Å².